The van der Waals surface area contributed by atoms with Crippen molar-refractivity contribution in [1.82, 2.24) is 9.88 Å². The lowest BCUT2D eigenvalue weighted by Gasteiger charge is -2.33. The van der Waals surface area contributed by atoms with Gasteiger partial charge in [-0.05, 0) is 67.3 Å². The number of aromatic nitrogens is 1. The molecule has 2 aromatic rings. The summed E-state index contributed by atoms with van der Waals surface area (Å²) in [7, 11) is -3.19. The molecule has 0 radical (unpaired) electrons. The van der Waals surface area contributed by atoms with Crippen LogP contribution in [0.5, 0.6) is 0 Å². The molecule has 2 heterocycles. The lowest BCUT2D eigenvalue weighted by Crippen LogP contribution is -2.40. The number of hydrogen-bond acceptors (Lipinski definition) is 5. The molecule has 2 fully saturated rings. The van der Waals surface area contributed by atoms with Gasteiger partial charge in [0.1, 0.15) is 5.82 Å². The van der Waals surface area contributed by atoms with Gasteiger partial charge in [0.05, 0.1) is 4.90 Å². The topological polar surface area (TPSA) is 79.4 Å². The first-order valence-electron chi connectivity index (χ1n) is 12.2. The normalized spacial score (nSPS) is 18.3. The number of likely N-dealkylation sites (tertiary alicyclic amines) is 1. The smallest absolute Gasteiger partial charge is 0.222 e. The number of carbonyl (C=O) groups excluding carboxylic acids is 1. The summed E-state index contributed by atoms with van der Waals surface area (Å²) in [5.74, 6) is 2.35. The third-order valence-corrected chi connectivity index (χ3v) is 8.23. The summed E-state index contributed by atoms with van der Waals surface area (Å²) >= 11 is 0. The second-order valence-electron chi connectivity index (χ2n) is 9.64. The molecular weight excluding hydrogens is 434 g/mol. The Labute approximate surface area is 197 Å². The van der Waals surface area contributed by atoms with Crippen LogP contribution in [-0.2, 0) is 14.6 Å². The molecule has 4 rings (SSSR count). The summed E-state index contributed by atoms with van der Waals surface area (Å²) in [5.41, 5.74) is 1.89. The van der Waals surface area contributed by atoms with E-state index in [9.17, 15) is 13.2 Å². The Kier molecular flexibility index (Phi) is 7.68. The fourth-order valence-electron chi connectivity index (χ4n) is 4.97. The van der Waals surface area contributed by atoms with E-state index in [4.69, 9.17) is 0 Å². The fraction of sp³-hybridized carbons (Fsp3) is 0.538. The summed E-state index contributed by atoms with van der Waals surface area (Å²) in [6.45, 7) is 2.60. The van der Waals surface area contributed by atoms with Crippen LogP contribution in [0.15, 0.2) is 47.5 Å². The van der Waals surface area contributed by atoms with Crippen molar-refractivity contribution >= 4 is 21.6 Å². The summed E-state index contributed by atoms with van der Waals surface area (Å²) in [4.78, 5) is 19.6. The Morgan fingerprint density at radius 3 is 2.21 bits per heavy atom. The van der Waals surface area contributed by atoms with Gasteiger partial charge >= 0.3 is 0 Å². The molecule has 178 valence electrons. The monoisotopic (exact) mass is 469 g/mol. The van der Waals surface area contributed by atoms with Crippen molar-refractivity contribution in [3.63, 3.8) is 0 Å². The van der Waals surface area contributed by atoms with E-state index >= 15 is 0 Å². The number of sulfone groups is 1. The Hall–Kier alpha value is -2.41. The van der Waals surface area contributed by atoms with Crippen LogP contribution in [0.25, 0.3) is 11.1 Å². The maximum absolute atomic E-state index is 12.6. The zero-order valence-electron chi connectivity index (χ0n) is 19.5. The van der Waals surface area contributed by atoms with E-state index in [0.717, 1.165) is 55.8 Å². The molecule has 0 atom stereocenters. The molecule has 1 aromatic carbocycles. The molecule has 33 heavy (non-hydrogen) atoms. The number of carbonyl (C=O) groups is 1. The Morgan fingerprint density at radius 1 is 0.939 bits per heavy atom. The lowest BCUT2D eigenvalue weighted by atomic mass is 9.86. The van der Waals surface area contributed by atoms with Crippen LogP contribution in [0.1, 0.15) is 51.4 Å². The molecule has 1 amide bonds. The van der Waals surface area contributed by atoms with Crippen LogP contribution in [0.2, 0.25) is 0 Å². The van der Waals surface area contributed by atoms with Gasteiger partial charge in [0.15, 0.2) is 9.84 Å². The van der Waals surface area contributed by atoms with Gasteiger partial charge in [-0.3, -0.25) is 4.79 Å². The second-order valence-corrected chi connectivity index (χ2v) is 11.7. The van der Waals surface area contributed by atoms with Gasteiger partial charge in [0.2, 0.25) is 5.91 Å². The van der Waals surface area contributed by atoms with Crippen molar-refractivity contribution in [1.29, 1.82) is 0 Å². The van der Waals surface area contributed by atoms with Crippen LogP contribution in [0.3, 0.4) is 0 Å². The van der Waals surface area contributed by atoms with Crippen LogP contribution in [0.4, 0.5) is 5.82 Å². The number of pyridine rings is 1. The number of nitrogens with zero attached hydrogens (tertiary/aromatic N) is 2. The van der Waals surface area contributed by atoms with Crippen LogP contribution in [-0.4, -0.2) is 50.1 Å². The molecule has 1 saturated heterocycles. The Bertz CT molecular complexity index is 1020. The van der Waals surface area contributed by atoms with Gasteiger partial charge in [-0.2, -0.15) is 0 Å². The van der Waals surface area contributed by atoms with Gasteiger partial charge in [-0.15, -0.1) is 0 Å². The first-order chi connectivity index (χ1) is 15.9. The van der Waals surface area contributed by atoms with E-state index in [2.05, 4.69) is 15.2 Å². The highest BCUT2D eigenvalue weighted by molar-refractivity contribution is 7.90. The third kappa shape index (κ3) is 6.56. The molecule has 6 nitrogen and oxygen atoms in total. The van der Waals surface area contributed by atoms with Crippen molar-refractivity contribution < 1.29 is 13.2 Å². The SMILES string of the molecule is CS(=O)(=O)c1ccc(-c2ccc(NCC3CCN(C(=O)CC4CCCCC4)CC3)nc2)cc1. The van der Waals surface area contributed by atoms with Crippen molar-refractivity contribution in [2.75, 3.05) is 31.2 Å². The number of amides is 1. The molecule has 7 heteroatoms. The zero-order valence-corrected chi connectivity index (χ0v) is 20.3. The quantitative estimate of drug-likeness (QED) is 0.632. The number of hydrogen-bond donors (Lipinski definition) is 1. The van der Waals surface area contributed by atoms with Crippen LogP contribution >= 0.6 is 0 Å². The number of nitrogens with one attached hydrogen (secondary N) is 1. The highest BCUT2D eigenvalue weighted by Gasteiger charge is 2.25. The average molecular weight is 470 g/mol. The van der Waals surface area contributed by atoms with Crippen molar-refractivity contribution in [2.24, 2.45) is 11.8 Å². The number of benzene rings is 1. The van der Waals surface area contributed by atoms with E-state index in [1.54, 1.807) is 12.1 Å². The minimum Gasteiger partial charge on any atom is -0.370 e. The fourth-order valence-corrected chi connectivity index (χ4v) is 5.60. The minimum atomic E-state index is -3.19. The minimum absolute atomic E-state index is 0.319. The zero-order chi connectivity index (χ0) is 23.3. The maximum Gasteiger partial charge on any atom is 0.222 e. The predicted octanol–water partition coefficient (Wildman–Crippen LogP) is 4.77. The van der Waals surface area contributed by atoms with E-state index in [-0.39, 0.29) is 0 Å². The molecule has 1 aliphatic carbocycles. The third-order valence-electron chi connectivity index (χ3n) is 7.11. The molecule has 1 saturated carbocycles. The molecule has 0 spiro atoms. The first kappa shape index (κ1) is 23.7. The van der Waals surface area contributed by atoms with Crippen LogP contribution < -0.4 is 5.32 Å². The second kappa shape index (κ2) is 10.7. The molecule has 2 aliphatic rings. The molecular formula is C26H35N3O3S. The van der Waals surface area contributed by atoms with Crippen molar-refractivity contribution in [3.05, 3.63) is 42.6 Å². The Morgan fingerprint density at radius 2 is 1.61 bits per heavy atom. The van der Waals surface area contributed by atoms with Gasteiger partial charge in [0.25, 0.3) is 0 Å². The van der Waals surface area contributed by atoms with E-state index in [0.29, 0.717) is 22.6 Å². The molecule has 1 aromatic heterocycles. The molecule has 0 unspecified atom stereocenters. The Balaban J connectivity index is 1.22. The number of rotatable bonds is 7. The highest BCUT2D eigenvalue weighted by atomic mass is 32.2. The average Bonchev–Trinajstić information content (AvgIpc) is 2.83. The number of anilines is 1. The highest BCUT2D eigenvalue weighted by Crippen LogP contribution is 2.28. The molecule has 0 bridgehead atoms. The van der Waals surface area contributed by atoms with E-state index < -0.39 is 9.84 Å². The maximum atomic E-state index is 12.6. The van der Waals surface area contributed by atoms with Gasteiger partial charge in [-0.1, -0.05) is 31.4 Å². The summed E-state index contributed by atoms with van der Waals surface area (Å²) in [5, 5.41) is 3.44. The largest absolute Gasteiger partial charge is 0.370 e. The van der Waals surface area contributed by atoms with Gasteiger partial charge < -0.3 is 10.2 Å². The summed E-state index contributed by atoms with van der Waals surface area (Å²) < 4.78 is 23.2. The summed E-state index contributed by atoms with van der Waals surface area (Å²) in [6.07, 6.45) is 12.2. The van der Waals surface area contributed by atoms with E-state index in [1.165, 1.54) is 38.4 Å². The van der Waals surface area contributed by atoms with Crippen molar-refractivity contribution in [3.8, 4) is 11.1 Å². The number of piperidine rings is 1. The van der Waals surface area contributed by atoms with Crippen LogP contribution in [0, 0.1) is 11.8 Å². The summed E-state index contributed by atoms with van der Waals surface area (Å²) in [6, 6.07) is 10.8. The first-order valence-corrected chi connectivity index (χ1v) is 14.1. The lowest BCUT2D eigenvalue weighted by molar-refractivity contribution is -0.133. The van der Waals surface area contributed by atoms with Crippen molar-refractivity contribution in [2.45, 2.75) is 56.3 Å². The van der Waals surface area contributed by atoms with Gasteiger partial charge in [-0.25, -0.2) is 13.4 Å². The standard InChI is InChI=1S/C26H35N3O3S/c1-33(31,32)24-10-7-22(8-11-24)23-9-12-25(28-19-23)27-18-21-13-15-29(16-14-21)26(30)17-20-5-3-2-4-6-20/h7-12,19-21H,2-6,13-18H2,1H3,(H,27,28). The molecule has 1 N–H and O–H groups in total. The van der Waals surface area contributed by atoms with Gasteiger partial charge in [0, 0.05) is 44.1 Å². The van der Waals surface area contributed by atoms with E-state index in [1.807, 2.05) is 30.5 Å². The predicted molar refractivity (Wildman–Crippen MR) is 132 cm³/mol. The molecule has 1 aliphatic heterocycles.